The van der Waals surface area contributed by atoms with Gasteiger partial charge in [0, 0.05) is 24.1 Å². The van der Waals surface area contributed by atoms with E-state index in [4.69, 9.17) is 46.4 Å². The molecule has 2 N–H and O–H groups in total. The van der Waals surface area contributed by atoms with E-state index in [2.05, 4.69) is 5.32 Å². The second-order valence-corrected chi connectivity index (χ2v) is 9.18. The van der Waals surface area contributed by atoms with Crippen molar-refractivity contribution in [3.8, 4) is 0 Å². The molecule has 0 aromatic heterocycles. The van der Waals surface area contributed by atoms with Crippen molar-refractivity contribution in [1.29, 1.82) is 0 Å². The van der Waals surface area contributed by atoms with Gasteiger partial charge in [-0.25, -0.2) is 4.79 Å². The second kappa shape index (κ2) is 9.26. The summed E-state index contributed by atoms with van der Waals surface area (Å²) in [5.41, 5.74) is -0.667. The number of imide groups is 1. The summed E-state index contributed by atoms with van der Waals surface area (Å²) in [5, 5.41) is 10.2. The Balaban J connectivity index is 1.81. The molecule has 2 aromatic rings. The summed E-state index contributed by atoms with van der Waals surface area (Å²) in [6, 6.07) is 6.41. The van der Waals surface area contributed by atoms with Gasteiger partial charge in [0.05, 0.1) is 36.5 Å². The molecule has 0 bridgehead atoms. The molecule has 0 aliphatic carbocycles. The molecule has 1 atom stereocenters. The number of nitrogens with zero attached hydrogens (tertiary/aromatic N) is 1. The predicted octanol–water partition coefficient (Wildman–Crippen LogP) is 5.10. The van der Waals surface area contributed by atoms with Gasteiger partial charge < -0.3 is 10.4 Å². The SMILES string of the molecule is CN1C(=O)CC(Sc2ccc(NC(=O)c3c(Cl)c(Cl)c(Cl)c(Cl)c3C(=O)O)cc2)C1=O. The summed E-state index contributed by atoms with van der Waals surface area (Å²) in [5.74, 6) is -2.85. The molecule has 31 heavy (non-hydrogen) atoms. The van der Waals surface area contributed by atoms with Crippen molar-refractivity contribution in [2.24, 2.45) is 0 Å². The van der Waals surface area contributed by atoms with Crippen LogP contribution in [0.5, 0.6) is 0 Å². The minimum Gasteiger partial charge on any atom is -0.478 e. The number of nitrogens with one attached hydrogen (secondary N) is 1. The second-order valence-electron chi connectivity index (χ2n) is 6.39. The van der Waals surface area contributed by atoms with Gasteiger partial charge in [-0.2, -0.15) is 0 Å². The molecule has 12 heteroatoms. The standard InChI is InChI=1S/C19H12Cl4N2O5S/c1-25-10(26)6-9(18(25)28)31-8-4-2-7(3-5-8)24-17(27)11-12(19(29)30)14(21)16(23)15(22)13(11)20/h2-5,9H,6H2,1H3,(H,24,27)(H,29,30). The third-order valence-corrected chi connectivity index (χ3v) is 7.44. The van der Waals surface area contributed by atoms with Crippen molar-refractivity contribution in [1.82, 2.24) is 4.90 Å². The maximum atomic E-state index is 12.7. The highest BCUT2D eigenvalue weighted by atomic mass is 35.5. The lowest BCUT2D eigenvalue weighted by Gasteiger charge is -2.14. The zero-order valence-corrected chi connectivity index (χ0v) is 19.4. The average molecular weight is 522 g/mol. The van der Waals surface area contributed by atoms with Gasteiger partial charge in [0.25, 0.3) is 5.91 Å². The fourth-order valence-corrected chi connectivity index (χ4v) is 4.96. The van der Waals surface area contributed by atoms with Gasteiger partial charge in [-0.15, -0.1) is 11.8 Å². The largest absolute Gasteiger partial charge is 0.478 e. The maximum absolute atomic E-state index is 12.7. The number of carboxylic acid groups (broad SMARTS) is 1. The number of rotatable bonds is 5. The van der Waals surface area contributed by atoms with Crippen molar-refractivity contribution in [3.05, 3.63) is 55.5 Å². The van der Waals surface area contributed by atoms with E-state index in [1.165, 1.54) is 18.8 Å². The number of halogens is 4. The Morgan fingerprint density at radius 2 is 1.55 bits per heavy atom. The summed E-state index contributed by atoms with van der Waals surface area (Å²) in [6.45, 7) is 0. The fourth-order valence-electron chi connectivity index (χ4n) is 2.83. The highest BCUT2D eigenvalue weighted by Gasteiger charge is 2.36. The van der Waals surface area contributed by atoms with Gasteiger partial charge in [-0.1, -0.05) is 46.4 Å². The lowest BCUT2D eigenvalue weighted by Crippen LogP contribution is -2.26. The molecule has 0 saturated carbocycles. The van der Waals surface area contributed by atoms with Crippen LogP contribution in [0.3, 0.4) is 0 Å². The predicted molar refractivity (Wildman–Crippen MR) is 120 cm³/mol. The third kappa shape index (κ3) is 4.63. The highest BCUT2D eigenvalue weighted by molar-refractivity contribution is 8.00. The number of carboxylic acids is 1. The van der Waals surface area contributed by atoms with Gasteiger partial charge in [0.15, 0.2) is 0 Å². The van der Waals surface area contributed by atoms with Crippen LogP contribution in [0.25, 0.3) is 0 Å². The van der Waals surface area contributed by atoms with Crippen molar-refractivity contribution in [2.75, 3.05) is 12.4 Å². The molecular weight excluding hydrogens is 510 g/mol. The van der Waals surface area contributed by atoms with E-state index in [-0.39, 0.29) is 33.3 Å². The molecule has 1 unspecified atom stereocenters. The minimum absolute atomic E-state index is 0.118. The number of benzene rings is 2. The molecule has 3 amide bonds. The molecule has 1 aliphatic heterocycles. The van der Waals surface area contributed by atoms with Crippen LogP contribution in [0.4, 0.5) is 5.69 Å². The Hall–Kier alpha value is -1.97. The fraction of sp³-hybridized carbons (Fsp3) is 0.158. The average Bonchev–Trinajstić information content (AvgIpc) is 2.96. The molecule has 1 aliphatic rings. The zero-order valence-electron chi connectivity index (χ0n) is 15.5. The number of hydrogen-bond donors (Lipinski definition) is 2. The lowest BCUT2D eigenvalue weighted by molar-refractivity contribution is -0.136. The normalized spacial score (nSPS) is 16.0. The summed E-state index contributed by atoms with van der Waals surface area (Å²) >= 11 is 25.1. The number of carbonyl (C=O) groups excluding carboxylic acids is 3. The van der Waals surface area contributed by atoms with Crippen LogP contribution in [0.2, 0.25) is 20.1 Å². The van der Waals surface area contributed by atoms with Gasteiger partial charge in [-0.3, -0.25) is 19.3 Å². The van der Waals surface area contributed by atoms with E-state index in [0.717, 1.165) is 4.90 Å². The minimum atomic E-state index is -1.50. The highest BCUT2D eigenvalue weighted by Crippen LogP contribution is 2.42. The topological polar surface area (TPSA) is 104 Å². The van der Waals surface area contributed by atoms with E-state index >= 15 is 0 Å². The molecule has 1 heterocycles. The summed E-state index contributed by atoms with van der Waals surface area (Å²) in [4.78, 5) is 49.8. The van der Waals surface area contributed by atoms with E-state index in [9.17, 15) is 24.3 Å². The van der Waals surface area contributed by atoms with Crippen molar-refractivity contribution < 1.29 is 24.3 Å². The van der Waals surface area contributed by atoms with Crippen LogP contribution < -0.4 is 5.32 Å². The van der Waals surface area contributed by atoms with E-state index in [1.54, 1.807) is 24.3 Å². The third-order valence-electron chi connectivity index (χ3n) is 4.44. The van der Waals surface area contributed by atoms with Crippen LogP contribution in [0.1, 0.15) is 27.1 Å². The van der Waals surface area contributed by atoms with Crippen LogP contribution >= 0.6 is 58.2 Å². The molecule has 1 fully saturated rings. The molecule has 0 radical (unpaired) electrons. The molecule has 162 valence electrons. The van der Waals surface area contributed by atoms with Gasteiger partial charge in [-0.05, 0) is 24.3 Å². The number of hydrogen-bond acceptors (Lipinski definition) is 5. The van der Waals surface area contributed by atoms with Crippen molar-refractivity contribution in [2.45, 2.75) is 16.6 Å². The Bertz CT molecular complexity index is 1120. The number of anilines is 1. The van der Waals surface area contributed by atoms with Crippen molar-refractivity contribution >= 4 is 87.5 Å². The van der Waals surface area contributed by atoms with Crippen LogP contribution in [0, 0.1) is 0 Å². The maximum Gasteiger partial charge on any atom is 0.338 e. The number of amides is 3. The van der Waals surface area contributed by atoms with E-state index < -0.39 is 33.3 Å². The number of aromatic carboxylic acids is 1. The van der Waals surface area contributed by atoms with Crippen LogP contribution in [-0.4, -0.2) is 46.0 Å². The summed E-state index contributed by atoms with van der Waals surface area (Å²) in [7, 11) is 1.44. The Labute approximate surface area is 200 Å². The monoisotopic (exact) mass is 520 g/mol. The Morgan fingerprint density at radius 3 is 2.03 bits per heavy atom. The lowest BCUT2D eigenvalue weighted by atomic mass is 10.1. The first-order valence-electron chi connectivity index (χ1n) is 8.50. The molecule has 0 spiro atoms. The Morgan fingerprint density at radius 1 is 1.00 bits per heavy atom. The quantitative estimate of drug-likeness (QED) is 0.322. The van der Waals surface area contributed by atoms with E-state index in [0.29, 0.717) is 10.6 Å². The first-order valence-corrected chi connectivity index (χ1v) is 10.9. The molecule has 1 saturated heterocycles. The van der Waals surface area contributed by atoms with Crippen molar-refractivity contribution in [3.63, 3.8) is 0 Å². The molecule has 7 nitrogen and oxygen atoms in total. The summed E-state index contributed by atoms with van der Waals surface area (Å²) < 4.78 is 0. The van der Waals surface area contributed by atoms with Crippen LogP contribution in [-0.2, 0) is 9.59 Å². The molecule has 2 aromatic carbocycles. The first kappa shape index (κ1) is 23.7. The summed E-state index contributed by atoms with van der Waals surface area (Å²) in [6.07, 6.45) is 0.118. The van der Waals surface area contributed by atoms with Gasteiger partial charge in [0.1, 0.15) is 0 Å². The van der Waals surface area contributed by atoms with Crippen LogP contribution in [0.15, 0.2) is 29.2 Å². The zero-order chi connectivity index (χ0) is 23.0. The van der Waals surface area contributed by atoms with Gasteiger partial charge in [0.2, 0.25) is 11.8 Å². The number of thioether (sulfide) groups is 1. The first-order chi connectivity index (χ1) is 14.5. The smallest absolute Gasteiger partial charge is 0.338 e. The molecule has 3 rings (SSSR count). The Kier molecular flexibility index (Phi) is 7.08. The van der Waals surface area contributed by atoms with Gasteiger partial charge >= 0.3 is 5.97 Å². The number of likely N-dealkylation sites (tertiary alicyclic amines) is 1. The van der Waals surface area contributed by atoms with E-state index in [1.807, 2.05) is 0 Å². The number of carbonyl (C=O) groups is 4. The molecular formula is C19H12Cl4N2O5S.